The topological polar surface area (TPSA) is 128 Å². The molecule has 1 saturated carbocycles. The van der Waals surface area contributed by atoms with Gasteiger partial charge in [-0.3, -0.25) is 19.7 Å². The number of aliphatic carboxylic acids is 1. The van der Waals surface area contributed by atoms with Crippen LogP contribution in [-0.2, 0) is 4.79 Å². The Hall–Kier alpha value is -2.84. The molecule has 1 aliphatic carbocycles. The molecule has 1 fully saturated rings. The molecule has 0 spiro atoms. The maximum Gasteiger partial charge on any atom is 0.311 e. The van der Waals surface area contributed by atoms with Gasteiger partial charge >= 0.3 is 5.97 Å². The van der Waals surface area contributed by atoms with Crippen LogP contribution in [0.5, 0.6) is 11.5 Å². The van der Waals surface area contributed by atoms with Crippen LogP contribution in [0.25, 0.3) is 0 Å². The Morgan fingerprint density at radius 3 is 2.44 bits per heavy atom. The van der Waals surface area contributed by atoms with Crippen molar-refractivity contribution < 1.29 is 29.1 Å². The molecule has 27 heavy (non-hydrogen) atoms. The summed E-state index contributed by atoms with van der Waals surface area (Å²) in [6.07, 6.45) is 3.46. The number of nitro benzene ring substituents is 1. The van der Waals surface area contributed by atoms with Gasteiger partial charge in [0.2, 0.25) is 0 Å². The summed E-state index contributed by atoms with van der Waals surface area (Å²) in [4.78, 5) is 35.0. The Labute approximate surface area is 156 Å². The van der Waals surface area contributed by atoms with E-state index in [0.717, 1.165) is 25.3 Å². The second kappa shape index (κ2) is 8.70. The highest BCUT2D eigenvalue weighted by atomic mass is 16.6. The number of ether oxygens (including phenoxy) is 2. The Bertz CT molecular complexity index is 727. The first-order valence-corrected chi connectivity index (χ1v) is 8.85. The number of hydrogen-bond donors (Lipinski definition) is 2. The number of carboxylic acids is 1. The van der Waals surface area contributed by atoms with Crippen molar-refractivity contribution in [3.05, 3.63) is 27.8 Å². The van der Waals surface area contributed by atoms with E-state index in [2.05, 4.69) is 5.32 Å². The average molecular weight is 380 g/mol. The van der Waals surface area contributed by atoms with Gasteiger partial charge in [0.15, 0.2) is 11.5 Å². The minimum atomic E-state index is -1.03. The molecule has 0 aliphatic heterocycles. The van der Waals surface area contributed by atoms with Crippen LogP contribution in [0.2, 0.25) is 0 Å². The number of methoxy groups -OCH3 is 1. The summed E-state index contributed by atoms with van der Waals surface area (Å²) in [6.45, 7) is 1.93. The van der Waals surface area contributed by atoms with Gasteiger partial charge in [-0.05, 0) is 19.8 Å². The van der Waals surface area contributed by atoms with E-state index in [1.54, 1.807) is 6.92 Å². The largest absolute Gasteiger partial charge is 0.493 e. The van der Waals surface area contributed by atoms with E-state index in [-0.39, 0.29) is 30.2 Å². The second-order valence-electron chi connectivity index (χ2n) is 6.54. The fourth-order valence-corrected chi connectivity index (χ4v) is 3.35. The molecule has 2 N–H and O–H groups in total. The van der Waals surface area contributed by atoms with E-state index in [9.17, 15) is 24.8 Å². The lowest BCUT2D eigenvalue weighted by atomic mass is 9.74. The van der Waals surface area contributed by atoms with E-state index in [1.807, 2.05) is 0 Å². The van der Waals surface area contributed by atoms with Crippen molar-refractivity contribution in [2.24, 2.45) is 5.41 Å². The van der Waals surface area contributed by atoms with Crippen molar-refractivity contribution in [2.75, 3.05) is 20.3 Å². The fraction of sp³-hybridized carbons (Fsp3) is 0.556. The lowest BCUT2D eigenvalue weighted by molar-refractivity contribution is -0.385. The molecule has 0 bridgehead atoms. The van der Waals surface area contributed by atoms with E-state index in [0.29, 0.717) is 12.8 Å². The maximum absolute atomic E-state index is 12.6. The van der Waals surface area contributed by atoms with Gasteiger partial charge < -0.3 is 19.9 Å². The van der Waals surface area contributed by atoms with Crippen LogP contribution < -0.4 is 14.8 Å². The Morgan fingerprint density at radius 1 is 1.26 bits per heavy atom. The molecule has 1 amide bonds. The van der Waals surface area contributed by atoms with Crippen molar-refractivity contribution >= 4 is 17.6 Å². The van der Waals surface area contributed by atoms with E-state index in [4.69, 9.17) is 9.47 Å². The number of carboxylic acid groups (broad SMARTS) is 1. The molecular formula is C18H24N2O7. The Balaban J connectivity index is 2.29. The van der Waals surface area contributed by atoms with Crippen molar-refractivity contribution in [3.8, 4) is 11.5 Å². The number of nitrogens with zero attached hydrogens (tertiary/aromatic N) is 1. The molecule has 0 heterocycles. The zero-order valence-corrected chi connectivity index (χ0v) is 15.4. The summed E-state index contributed by atoms with van der Waals surface area (Å²) < 4.78 is 10.5. The number of carbonyl (C=O) groups is 2. The molecule has 9 nitrogen and oxygen atoms in total. The number of carbonyl (C=O) groups excluding carboxylic acids is 1. The highest BCUT2D eigenvalue weighted by Crippen LogP contribution is 2.37. The molecule has 0 radical (unpaired) electrons. The first-order valence-electron chi connectivity index (χ1n) is 8.85. The van der Waals surface area contributed by atoms with E-state index >= 15 is 0 Å². The highest BCUT2D eigenvalue weighted by Gasteiger charge is 2.40. The predicted molar refractivity (Wildman–Crippen MR) is 96.3 cm³/mol. The van der Waals surface area contributed by atoms with Crippen LogP contribution in [0.15, 0.2) is 12.1 Å². The lowest BCUT2D eigenvalue weighted by Crippen LogP contribution is -2.44. The van der Waals surface area contributed by atoms with E-state index in [1.165, 1.54) is 13.2 Å². The third-order valence-corrected chi connectivity index (χ3v) is 4.87. The zero-order valence-electron chi connectivity index (χ0n) is 15.4. The molecule has 0 aromatic heterocycles. The summed E-state index contributed by atoms with van der Waals surface area (Å²) in [6, 6.07) is 2.39. The molecular weight excluding hydrogens is 356 g/mol. The van der Waals surface area contributed by atoms with Crippen LogP contribution in [0.4, 0.5) is 5.69 Å². The summed E-state index contributed by atoms with van der Waals surface area (Å²) >= 11 is 0. The summed E-state index contributed by atoms with van der Waals surface area (Å²) in [5, 5.41) is 23.6. The molecule has 1 aliphatic rings. The minimum absolute atomic E-state index is 0.0755. The fourth-order valence-electron chi connectivity index (χ4n) is 3.35. The number of nitrogens with one attached hydrogen (secondary N) is 1. The van der Waals surface area contributed by atoms with Crippen molar-refractivity contribution in [3.63, 3.8) is 0 Å². The van der Waals surface area contributed by atoms with E-state index < -0.39 is 27.9 Å². The maximum atomic E-state index is 12.6. The quantitative estimate of drug-likeness (QED) is 0.524. The molecule has 2 rings (SSSR count). The molecule has 0 unspecified atom stereocenters. The van der Waals surface area contributed by atoms with Gasteiger partial charge in [0, 0.05) is 12.6 Å². The number of benzene rings is 1. The van der Waals surface area contributed by atoms with Gasteiger partial charge in [-0.25, -0.2) is 0 Å². The van der Waals surface area contributed by atoms with Crippen molar-refractivity contribution in [1.82, 2.24) is 5.32 Å². The summed E-state index contributed by atoms with van der Waals surface area (Å²) in [5.41, 5.74) is -1.65. The summed E-state index contributed by atoms with van der Waals surface area (Å²) in [7, 11) is 1.37. The van der Waals surface area contributed by atoms with Gasteiger partial charge in [0.25, 0.3) is 11.6 Å². The number of hydrogen-bond acceptors (Lipinski definition) is 6. The number of amides is 1. The SMILES string of the molecule is CCOc1cc([N+](=O)[O-])c(C(=O)NCC2(C(=O)O)CCCCC2)cc1OC. The van der Waals surface area contributed by atoms with Crippen LogP contribution in [0, 0.1) is 15.5 Å². The Morgan fingerprint density at radius 2 is 1.93 bits per heavy atom. The number of rotatable bonds is 8. The van der Waals surface area contributed by atoms with Crippen LogP contribution in [0.3, 0.4) is 0 Å². The molecule has 9 heteroatoms. The summed E-state index contributed by atoms with van der Waals surface area (Å²) in [5.74, 6) is -1.31. The lowest BCUT2D eigenvalue weighted by Gasteiger charge is -2.33. The molecule has 0 saturated heterocycles. The minimum Gasteiger partial charge on any atom is -0.493 e. The standard InChI is InChI=1S/C18H24N2O7/c1-3-27-15-10-13(20(24)25)12(9-14(15)26-2)16(21)19-11-18(17(22)23)7-5-4-6-8-18/h9-10H,3-8,11H2,1-2H3,(H,19,21)(H,22,23). The van der Waals surface area contributed by atoms with Crippen molar-refractivity contribution in [1.29, 1.82) is 0 Å². The smallest absolute Gasteiger partial charge is 0.311 e. The number of nitro groups is 1. The average Bonchev–Trinajstić information content (AvgIpc) is 2.66. The van der Waals surface area contributed by atoms with Crippen LogP contribution in [0.1, 0.15) is 49.4 Å². The van der Waals surface area contributed by atoms with Crippen LogP contribution in [-0.4, -0.2) is 42.2 Å². The van der Waals surface area contributed by atoms with Gasteiger partial charge in [-0.2, -0.15) is 0 Å². The molecule has 0 atom stereocenters. The molecule has 148 valence electrons. The first kappa shape index (κ1) is 20.5. The first-order chi connectivity index (χ1) is 12.8. The van der Waals surface area contributed by atoms with Crippen molar-refractivity contribution in [2.45, 2.75) is 39.0 Å². The van der Waals surface area contributed by atoms with Gasteiger partial charge in [0.05, 0.1) is 30.1 Å². The normalized spacial score (nSPS) is 15.6. The second-order valence-corrected chi connectivity index (χ2v) is 6.54. The predicted octanol–water partition coefficient (Wildman–Crippen LogP) is 2.77. The van der Waals surface area contributed by atoms with Gasteiger partial charge in [-0.15, -0.1) is 0 Å². The monoisotopic (exact) mass is 380 g/mol. The Kier molecular flexibility index (Phi) is 6.59. The third kappa shape index (κ3) is 4.47. The van der Waals surface area contributed by atoms with Gasteiger partial charge in [0.1, 0.15) is 5.56 Å². The molecule has 1 aromatic carbocycles. The van der Waals surface area contributed by atoms with Gasteiger partial charge in [-0.1, -0.05) is 19.3 Å². The zero-order chi connectivity index (χ0) is 20.0. The third-order valence-electron chi connectivity index (χ3n) is 4.87. The van der Waals surface area contributed by atoms with Crippen LogP contribution >= 0.6 is 0 Å². The molecule has 1 aromatic rings. The highest BCUT2D eigenvalue weighted by molar-refractivity contribution is 5.99.